The lowest BCUT2D eigenvalue weighted by Gasteiger charge is -2.43. The molecule has 0 spiro atoms. The van der Waals surface area contributed by atoms with Crippen LogP contribution in [0.25, 0.3) is 0 Å². The molecular formula is C30H34N2O4. The van der Waals surface area contributed by atoms with Gasteiger partial charge in [0.05, 0.1) is 12.5 Å². The van der Waals surface area contributed by atoms with E-state index in [1.165, 1.54) is 18.4 Å². The molecule has 0 aliphatic carbocycles. The standard InChI is InChI=1S/C30H34N2O4/c1-3-31(4-2)30(34)20-8-11-24-27(16-20)36-29-25(6-5-7-26(29)33)28(24)21-14-22-9-10-23(15-21)32(22)17-19-12-13-35-18-19/h5-8,11-13,16,18,21-23,28,33H,3-4,9-10,14-15,17H2,1-2H3. The summed E-state index contributed by atoms with van der Waals surface area (Å²) in [6.07, 6.45) is 8.27. The van der Waals surface area contributed by atoms with Gasteiger partial charge in [-0.25, -0.2) is 0 Å². The van der Waals surface area contributed by atoms with Crippen molar-refractivity contribution < 1.29 is 19.1 Å². The first kappa shape index (κ1) is 23.2. The Bertz CT molecular complexity index is 1240. The van der Waals surface area contributed by atoms with Crippen LogP contribution in [0.15, 0.2) is 59.4 Å². The molecule has 1 amide bonds. The van der Waals surface area contributed by atoms with E-state index in [2.05, 4.69) is 23.1 Å². The topological polar surface area (TPSA) is 66.2 Å². The van der Waals surface area contributed by atoms with Crippen LogP contribution in [-0.4, -0.2) is 46.0 Å². The second kappa shape index (κ2) is 9.32. The summed E-state index contributed by atoms with van der Waals surface area (Å²) in [5, 5.41) is 10.7. The van der Waals surface area contributed by atoms with Gasteiger partial charge in [-0.1, -0.05) is 18.2 Å². The number of amides is 1. The van der Waals surface area contributed by atoms with Crippen LogP contribution in [0.3, 0.4) is 0 Å². The first-order valence-electron chi connectivity index (χ1n) is 13.3. The molecule has 36 heavy (non-hydrogen) atoms. The molecule has 1 aromatic heterocycles. The zero-order valence-corrected chi connectivity index (χ0v) is 21.0. The molecule has 2 aromatic carbocycles. The molecule has 3 aliphatic rings. The number of furan rings is 1. The second-order valence-electron chi connectivity index (χ2n) is 10.4. The summed E-state index contributed by atoms with van der Waals surface area (Å²) < 4.78 is 11.6. The van der Waals surface area contributed by atoms with E-state index in [1.807, 2.05) is 43.2 Å². The van der Waals surface area contributed by atoms with Gasteiger partial charge in [-0.05, 0) is 69.7 Å². The summed E-state index contributed by atoms with van der Waals surface area (Å²) in [6, 6.07) is 14.8. The molecule has 0 saturated carbocycles. The van der Waals surface area contributed by atoms with Gasteiger partial charge in [-0.15, -0.1) is 0 Å². The number of hydrogen-bond acceptors (Lipinski definition) is 5. The number of carbonyl (C=O) groups excluding carboxylic acids is 1. The van der Waals surface area contributed by atoms with Gasteiger partial charge in [-0.2, -0.15) is 0 Å². The van der Waals surface area contributed by atoms with Crippen molar-refractivity contribution in [3.63, 3.8) is 0 Å². The highest BCUT2D eigenvalue weighted by Gasteiger charge is 2.45. The number of para-hydroxylation sites is 1. The Morgan fingerprint density at radius 1 is 1.06 bits per heavy atom. The van der Waals surface area contributed by atoms with Crippen LogP contribution in [0.5, 0.6) is 17.2 Å². The van der Waals surface area contributed by atoms with Crippen LogP contribution in [0, 0.1) is 5.92 Å². The predicted octanol–water partition coefficient (Wildman–Crippen LogP) is 6.15. The molecule has 6 nitrogen and oxygen atoms in total. The average Bonchev–Trinajstić information content (AvgIpc) is 3.48. The molecule has 188 valence electrons. The highest BCUT2D eigenvalue weighted by molar-refractivity contribution is 5.95. The molecule has 0 radical (unpaired) electrons. The fraction of sp³-hybridized carbons (Fsp3) is 0.433. The summed E-state index contributed by atoms with van der Waals surface area (Å²) in [5.41, 5.74) is 4.04. The molecule has 3 unspecified atom stereocenters. The van der Waals surface area contributed by atoms with E-state index in [9.17, 15) is 9.90 Å². The van der Waals surface area contributed by atoms with Gasteiger partial charge in [0.2, 0.25) is 0 Å². The van der Waals surface area contributed by atoms with Crippen molar-refractivity contribution in [3.8, 4) is 17.2 Å². The average molecular weight is 487 g/mol. The Kier molecular flexibility index (Phi) is 6.00. The van der Waals surface area contributed by atoms with E-state index < -0.39 is 0 Å². The van der Waals surface area contributed by atoms with Gasteiger partial charge in [0.15, 0.2) is 11.5 Å². The van der Waals surface area contributed by atoms with Gasteiger partial charge in [0.25, 0.3) is 5.91 Å². The highest BCUT2D eigenvalue weighted by atomic mass is 16.5. The Balaban J connectivity index is 1.34. The Morgan fingerprint density at radius 2 is 1.83 bits per heavy atom. The summed E-state index contributed by atoms with van der Waals surface area (Å²) in [6.45, 7) is 6.26. The number of nitrogens with zero attached hydrogens (tertiary/aromatic N) is 2. The van der Waals surface area contributed by atoms with Crippen LogP contribution in [0.1, 0.15) is 72.5 Å². The summed E-state index contributed by atoms with van der Waals surface area (Å²) in [7, 11) is 0. The van der Waals surface area contributed by atoms with Crippen LogP contribution < -0.4 is 4.74 Å². The molecule has 3 aromatic rings. The minimum atomic E-state index is 0.0108. The number of benzene rings is 2. The van der Waals surface area contributed by atoms with Crippen molar-refractivity contribution in [3.05, 3.63) is 77.2 Å². The molecular weight excluding hydrogens is 452 g/mol. The van der Waals surface area contributed by atoms with Crippen molar-refractivity contribution in [2.45, 2.75) is 64.1 Å². The van der Waals surface area contributed by atoms with E-state index in [-0.39, 0.29) is 17.6 Å². The Morgan fingerprint density at radius 3 is 2.53 bits per heavy atom. The fourth-order valence-corrected chi connectivity index (χ4v) is 6.83. The predicted molar refractivity (Wildman–Crippen MR) is 138 cm³/mol. The number of hydrogen-bond donors (Lipinski definition) is 1. The van der Waals surface area contributed by atoms with Gasteiger partial charge >= 0.3 is 0 Å². The van der Waals surface area contributed by atoms with Gasteiger partial charge in [-0.3, -0.25) is 9.69 Å². The molecule has 2 saturated heterocycles. The fourth-order valence-electron chi connectivity index (χ4n) is 6.83. The summed E-state index contributed by atoms with van der Waals surface area (Å²) in [4.78, 5) is 17.5. The van der Waals surface area contributed by atoms with Crippen LogP contribution in [0.2, 0.25) is 0 Å². The third-order valence-corrected chi connectivity index (χ3v) is 8.56. The lowest BCUT2D eigenvalue weighted by molar-refractivity contribution is 0.0772. The third kappa shape index (κ3) is 3.88. The molecule has 1 N–H and O–H groups in total. The maximum Gasteiger partial charge on any atom is 0.253 e. The second-order valence-corrected chi connectivity index (χ2v) is 10.4. The molecule has 4 heterocycles. The van der Waals surface area contributed by atoms with Crippen LogP contribution in [-0.2, 0) is 6.54 Å². The maximum atomic E-state index is 13.1. The normalized spacial score (nSPS) is 24.6. The highest BCUT2D eigenvalue weighted by Crippen LogP contribution is 2.55. The Labute approximate surface area is 212 Å². The Hall–Kier alpha value is -3.25. The number of rotatable bonds is 6. The minimum Gasteiger partial charge on any atom is -0.504 e. The molecule has 3 aliphatic heterocycles. The van der Waals surface area contributed by atoms with E-state index in [1.54, 1.807) is 12.3 Å². The molecule has 3 atom stereocenters. The number of phenolic OH excluding ortho intramolecular Hbond substituents is 1. The van der Waals surface area contributed by atoms with E-state index >= 15 is 0 Å². The number of piperidine rings is 1. The zero-order chi connectivity index (χ0) is 24.8. The minimum absolute atomic E-state index is 0.0108. The summed E-state index contributed by atoms with van der Waals surface area (Å²) in [5.74, 6) is 1.97. The monoisotopic (exact) mass is 486 g/mol. The zero-order valence-electron chi connectivity index (χ0n) is 21.0. The maximum absolute atomic E-state index is 13.1. The third-order valence-electron chi connectivity index (χ3n) is 8.56. The first-order chi connectivity index (χ1) is 17.6. The quantitative estimate of drug-likeness (QED) is 0.453. The van der Waals surface area contributed by atoms with Crippen LogP contribution in [0.4, 0.5) is 0 Å². The number of phenols is 1. The molecule has 2 fully saturated rings. The summed E-state index contributed by atoms with van der Waals surface area (Å²) >= 11 is 0. The van der Waals surface area contributed by atoms with Crippen molar-refractivity contribution in [1.82, 2.24) is 9.80 Å². The van der Waals surface area contributed by atoms with Gasteiger partial charge in [0, 0.05) is 59.9 Å². The lowest BCUT2D eigenvalue weighted by Crippen LogP contribution is -2.43. The number of aromatic hydroxyl groups is 1. The smallest absolute Gasteiger partial charge is 0.253 e. The van der Waals surface area contributed by atoms with Crippen molar-refractivity contribution in [2.75, 3.05) is 13.1 Å². The largest absolute Gasteiger partial charge is 0.504 e. The van der Waals surface area contributed by atoms with E-state index in [4.69, 9.17) is 9.15 Å². The van der Waals surface area contributed by atoms with E-state index in [0.29, 0.717) is 48.2 Å². The molecule has 6 rings (SSSR count). The van der Waals surface area contributed by atoms with Crippen molar-refractivity contribution >= 4 is 5.91 Å². The first-order valence-corrected chi connectivity index (χ1v) is 13.3. The molecule has 6 heteroatoms. The number of carbonyl (C=O) groups is 1. The van der Waals surface area contributed by atoms with Gasteiger partial charge in [0.1, 0.15) is 5.75 Å². The van der Waals surface area contributed by atoms with Crippen molar-refractivity contribution in [1.29, 1.82) is 0 Å². The number of fused-ring (bicyclic) bond motifs is 4. The van der Waals surface area contributed by atoms with Crippen molar-refractivity contribution in [2.24, 2.45) is 5.92 Å². The van der Waals surface area contributed by atoms with Gasteiger partial charge < -0.3 is 19.2 Å². The van der Waals surface area contributed by atoms with E-state index in [0.717, 1.165) is 30.5 Å². The SMILES string of the molecule is CCN(CC)C(=O)c1ccc2c(c1)Oc1c(O)cccc1C2C1CC2CCC(C1)N2Cc1ccoc1. The molecule has 2 bridgehead atoms. The lowest BCUT2D eigenvalue weighted by atomic mass is 9.72. The number of ether oxygens (including phenoxy) is 1. The van der Waals surface area contributed by atoms with Crippen LogP contribution >= 0.6 is 0 Å².